The summed E-state index contributed by atoms with van der Waals surface area (Å²) in [4.78, 5) is 12.2. The maximum absolute atomic E-state index is 13.8. The molecule has 2 unspecified atom stereocenters. The molecule has 3 N–H and O–H groups in total. The number of nitrogens with one attached hydrogen (secondary N) is 1. The molecular formula is C14H19FN2O2. The van der Waals surface area contributed by atoms with Crippen LogP contribution < -0.4 is 15.8 Å². The Kier molecular flexibility index (Phi) is 4.37. The topological polar surface area (TPSA) is 64.3 Å². The first kappa shape index (κ1) is 13.8. The molecule has 0 bridgehead atoms. The van der Waals surface area contributed by atoms with Crippen molar-refractivity contribution >= 4 is 5.91 Å². The van der Waals surface area contributed by atoms with Crippen LogP contribution in [0, 0.1) is 5.82 Å². The number of benzene rings is 1. The monoisotopic (exact) mass is 266 g/mol. The van der Waals surface area contributed by atoms with Crippen molar-refractivity contribution in [2.24, 2.45) is 5.73 Å². The second kappa shape index (κ2) is 6.02. The van der Waals surface area contributed by atoms with Gasteiger partial charge < -0.3 is 15.8 Å². The minimum atomic E-state index is -0.582. The fourth-order valence-corrected chi connectivity index (χ4v) is 2.47. The number of rotatable bonds is 3. The molecule has 2 rings (SSSR count). The van der Waals surface area contributed by atoms with Gasteiger partial charge in [0.05, 0.1) is 7.11 Å². The molecule has 4 nitrogen and oxygen atoms in total. The number of ether oxygens (including phenoxy) is 1. The van der Waals surface area contributed by atoms with Gasteiger partial charge in [-0.05, 0) is 25.0 Å². The van der Waals surface area contributed by atoms with Crippen LogP contribution in [0.4, 0.5) is 4.39 Å². The lowest BCUT2D eigenvalue weighted by Gasteiger charge is -2.29. The third-order valence-corrected chi connectivity index (χ3v) is 3.56. The van der Waals surface area contributed by atoms with Gasteiger partial charge in [-0.3, -0.25) is 4.79 Å². The predicted molar refractivity (Wildman–Crippen MR) is 70.6 cm³/mol. The van der Waals surface area contributed by atoms with Crippen LogP contribution in [-0.4, -0.2) is 25.1 Å². The normalized spacial score (nSPS) is 22.9. The predicted octanol–water partition coefficient (Wildman–Crippen LogP) is 1.83. The molecule has 1 aromatic rings. The highest BCUT2D eigenvalue weighted by atomic mass is 19.1. The minimum Gasteiger partial charge on any atom is -0.496 e. The second-order valence-electron chi connectivity index (χ2n) is 4.85. The first-order chi connectivity index (χ1) is 9.13. The third kappa shape index (κ3) is 3.04. The lowest BCUT2D eigenvalue weighted by atomic mass is 9.91. The number of amides is 1. The maximum Gasteiger partial charge on any atom is 0.258 e. The molecule has 19 heavy (non-hydrogen) atoms. The highest BCUT2D eigenvalue weighted by Crippen LogP contribution is 2.22. The van der Waals surface area contributed by atoms with Gasteiger partial charge in [-0.1, -0.05) is 18.9 Å². The summed E-state index contributed by atoms with van der Waals surface area (Å²) in [6, 6.07) is 4.18. The Morgan fingerprint density at radius 1 is 1.42 bits per heavy atom. The summed E-state index contributed by atoms with van der Waals surface area (Å²) < 4.78 is 18.8. The third-order valence-electron chi connectivity index (χ3n) is 3.56. The number of carbonyl (C=O) groups excluding carboxylic acids is 1. The van der Waals surface area contributed by atoms with E-state index in [9.17, 15) is 9.18 Å². The summed E-state index contributed by atoms with van der Waals surface area (Å²) in [5.74, 6) is -0.805. The Balaban J connectivity index is 2.15. The van der Waals surface area contributed by atoms with Crippen LogP contribution in [0.5, 0.6) is 5.75 Å². The molecular weight excluding hydrogens is 247 g/mol. The number of hydrogen-bond acceptors (Lipinski definition) is 3. The molecule has 104 valence electrons. The van der Waals surface area contributed by atoms with Crippen LogP contribution >= 0.6 is 0 Å². The summed E-state index contributed by atoms with van der Waals surface area (Å²) in [6.07, 6.45) is 3.84. The molecule has 1 saturated carbocycles. The molecule has 1 aromatic carbocycles. The van der Waals surface area contributed by atoms with Crippen molar-refractivity contribution in [3.05, 3.63) is 29.6 Å². The first-order valence-electron chi connectivity index (χ1n) is 6.52. The van der Waals surface area contributed by atoms with E-state index in [2.05, 4.69) is 5.32 Å². The smallest absolute Gasteiger partial charge is 0.258 e. The van der Waals surface area contributed by atoms with E-state index >= 15 is 0 Å². The number of nitrogens with two attached hydrogens (primary N) is 1. The largest absolute Gasteiger partial charge is 0.496 e. The SMILES string of the molecule is COc1cccc(F)c1C(=O)NC1CCCCC1N. The fraction of sp³-hybridized carbons (Fsp3) is 0.500. The van der Waals surface area contributed by atoms with Gasteiger partial charge >= 0.3 is 0 Å². The van der Waals surface area contributed by atoms with Gasteiger partial charge in [0.2, 0.25) is 0 Å². The Morgan fingerprint density at radius 3 is 2.84 bits per heavy atom. The zero-order chi connectivity index (χ0) is 13.8. The van der Waals surface area contributed by atoms with Crippen molar-refractivity contribution in [2.45, 2.75) is 37.8 Å². The minimum absolute atomic E-state index is 0.0530. The quantitative estimate of drug-likeness (QED) is 0.877. The van der Waals surface area contributed by atoms with E-state index in [0.717, 1.165) is 25.7 Å². The van der Waals surface area contributed by atoms with Crippen molar-refractivity contribution in [1.29, 1.82) is 0 Å². The van der Waals surface area contributed by atoms with Crippen molar-refractivity contribution in [1.82, 2.24) is 5.32 Å². The Morgan fingerprint density at radius 2 is 2.16 bits per heavy atom. The van der Waals surface area contributed by atoms with Crippen LogP contribution in [0.1, 0.15) is 36.0 Å². The molecule has 0 radical (unpaired) electrons. The van der Waals surface area contributed by atoms with Crippen molar-refractivity contribution < 1.29 is 13.9 Å². The van der Waals surface area contributed by atoms with Gasteiger partial charge in [-0.25, -0.2) is 4.39 Å². The molecule has 0 saturated heterocycles. The first-order valence-corrected chi connectivity index (χ1v) is 6.52. The summed E-state index contributed by atoms with van der Waals surface area (Å²) >= 11 is 0. The Bertz CT molecular complexity index is 465. The van der Waals surface area contributed by atoms with E-state index in [4.69, 9.17) is 10.5 Å². The molecule has 0 spiro atoms. The fourth-order valence-electron chi connectivity index (χ4n) is 2.47. The van der Waals surface area contributed by atoms with E-state index in [0.29, 0.717) is 0 Å². The molecule has 1 fully saturated rings. The number of hydrogen-bond donors (Lipinski definition) is 2. The Labute approximate surface area is 112 Å². The zero-order valence-corrected chi connectivity index (χ0v) is 11.0. The molecule has 5 heteroatoms. The standard InChI is InChI=1S/C14H19FN2O2/c1-19-12-8-4-5-9(15)13(12)14(18)17-11-7-3-2-6-10(11)16/h4-5,8,10-11H,2-3,6-7,16H2,1H3,(H,17,18). The van der Waals surface area contributed by atoms with E-state index < -0.39 is 11.7 Å². The Hall–Kier alpha value is -1.62. The van der Waals surface area contributed by atoms with Gasteiger partial charge in [0.25, 0.3) is 5.91 Å². The molecule has 1 aliphatic carbocycles. The van der Waals surface area contributed by atoms with Gasteiger partial charge in [-0.15, -0.1) is 0 Å². The van der Waals surface area contributed by atoms with E-state index in [-0.39, 0.29) is 23.4 Å². The number of carbonyl (C=O) groups is 1. The van der Waals surface area contributed by atoms with Crippen LogP contribution in [0.3, 0.4) is 0 Å². The van der Waals surface area contributed by atoms with E-state index in [1.807, 2.05) is 0 Å². The summed E-state index contributed by atoms with van der Waals surface area (Å²) in [5, 5.41) is 2.82. The maximum atomic E-state index is 13.8. The molecule has 1 aliphatic rings. The summed E-state index contributed by atoms with van der Waals surface area (Å²) in [6.45, 7) is 0. The molecule has 0 heterocycles. The van der Waals surface area contributed by atoms with Crippen LogP contribution in [0.2, 0.25) is 0 Å². The lowest BCUT2D eigenvalue weighted by Crippen LogP contribution is -2.49. The van der Waals surface area contributed by atoms with E-state index in [1.54, 1.807) is 6.07 Å². The highest BCUT2D eigenvalue weighted by Gasteiger charge is 2.26. The average Bonchev–Trinajstić information content (AvgIpc) is 2.40. The van der Waals surface area contributed by atoms with Crippen LogP contribution in [0.15, 0.2) is 18.2 Å². The van der Waals surface area contributed by atoms with Crippen molar-refractivity contribution in [3.63, 3.8) is 0 Å². The summed E-state index contributed by atoms with van der Waals surface area (Å²) in [7, 11) is 1.41. The molecule has 0 aliphatic heterocycles. The van der Waals surface area contributed by atoms with Gasteiger partial charge in [0, 0.05) is 12.1 Å². The highest BCUT2D eigenvalue weighted by molar-refractivity contribution is 5.97. The molecule has 2 atom stereocenters. The van der Waals surface area contributed by atoms with E-state index in [1.165, 1.54) is 19.2 Å². The second-order valence-corrected chi connectivity index (χ2v) is 4.85. The average molecular weight is 266 g/mol. The van der Waals surface area contributed by atoms with Crippen LogP contribution in [0.25, 0.3) is 0 Å². The van der Waals surface area contributed by atoms with Crippen molar-refractivity contribution in [2.75, 3.05) is 7.11 Å². The molecule has 0 aromatic heterocycles. The van der Waals surface area contributed by atoms with Gasteiger partial charge in [0.15, 0.2) is 0 Å². The zero-order valence-electron chi connectivity index (χ0n) is 11.0. The molecule has 1 amide bonds. The summed E-state index contributed by atoms with van der Waals surface area (Å²) in [5.41, 5.74) is 5.92. The van der Waals surface area contributed by atoms with Crippen LogP contribution in [-0.2, 0) is 0 Å². The van der Waals surface area contributed by atoms with Gasteiger partial charge in [-0.2, -0.15) is 0 Å². The van der Waals surface area contributed by atoms with Crippen molar-refractivity contribution in [3.8, 4) is 5.75 Å². The number of halogens is 1. The lowest BCUT2D eigenvalue weighted by molar-refractivity contribution is 0.0914. The van der Waals surface area contributed by atoms with Gasteiger partial charge in [0.1, 0.15) is 17.1 Å². The number of methoxy groups -OCH3 is 1.